The Balaban J connectivity index is 1.66. The Bertz CT molecular complexity index is 1220. The molecule has 174 valence electrons. The molecule has 0 radical (unpaired) electrons. The van der Waals surface area contributed by atoms with Gasteiger partial charge in [0.2, 0.25) is 5.95 Å². The topological polar surface area (TPSA) is 100 Å². The van der Waals surface area contributed by atoms with Crippen molar-refractivity contribution < 1.29 is 19.1 Å². The lowest BCUT2D eigenvalue weighted by Crippen LogP contribution is -2.55. The summed E-state index contributed by atoms with van der Waals surface area (Å²) in [6, 6.07) is 8.46. The minimum Gasteiger partial charge on any atom is -0.465 e. The Morgan fingerprint density at radius 1 is 1.24 bits per heavy atom. The predicted molar refractivity (Wildman–Crippen MR) is 122 cm³/mol. The van der Waals surface area contributed by atoms with E-state index in [9.17, 15) is 19.1 Å². The van der Waals surface area contributed by atoms with Crippen LogP contribution in [0.1, 0.15) is 37.7 Å². The average molecular weight is 454 g/mol. The molecule has 2 unspecified atom stereocenters. The minimum absolute atomic E-state index is 0.0543. The third kappa shape index (κ3) is 4.40. The number of benzene rings is 1. The number of aromatic nitrogens is 3. The molecule has 2 aromatic heterocycles. The number of amides is 2. The van der Waals surface area contributed by atoms with Crippen molar-refractivity contribution in [3.8, 4) is 11.1 Å². The van der Waals surface area contributed by atoms with Gasteiger partial charge in [-0.2, -0.15) is 9.49 Å². The standard InChI is InChI=1S/C24H28FN5O3/c1-24(2,3)17-13-30(23(32)33)11-9-18(17)27-22(31)20-16-12-14(7-8-19(16)29(4)28-20)15-6-5-10-26-21(15)25/h5-8,10,12,17-18H,9,11,13H2,1-4H3,(H,27,31)(H,32,33). The van der Waals surface area contributed by atoms with Crippen LogP contribution in [-0.2, 0) is 7.05 Å². The van der Waals surface area contributed by atoms with Gasteiger partial charge in [-0.05, 0) is 41.7 Å². The van der Waals surface area contributed by atoms with Crippen molar-refractivity contribution in [2.24, 2.45) is 18.4 Å². The van der Waals surface area contributed by atoms with Gasteiger partial charge in [-0.15, -0.1) is 0 Å². The maximum absolute atomic E-state index is 14.2. The van der Waals surface area contributed by atoms with Gasteiger partial charge in [0.25, 0.3) is 5.91 Å². The van der Waals surface area contributed by atoms with Crippen LogP contribution >= 0.6 is 0 Å². The normalized spacial score (nSPS) is 19.0. The van der Waals surface area contributed by atoms with E-state index in [1.165, 1.54) is 11.1 Å². The van der Waals surface area contributed by atoms with Crippen molar-refractivity contribution in [2.45, 2.75) is 33.2 Å². The van der Waals surface area contributed by atoms with Gasteiger partial charge in [0.05, 0.1) is 5.52 Å². The number of fused-ring (bicyclic) bond motifs is 1. The SMILES string of the molecule is Cn1nc(C(=O)NC2CCN(C(=O)O)CC2C(C)(C)C)c2cc(-c3cccnc3F)ccc21. The van der Waals surface area contributed by atoms with E-state index in [2.05, 4.69) is 15.4 Å². The summed E-state index contributed by atoms with van der Waals surface area (Å²) in [5.41, 5.74) is 1.76. The highest BCUT2D eigenvalue weighted by Crippen LogP contribution is 2.34. The molecular weight excluding hydrogens is 425 g/mol. The van der Waals surface area contributed by atoms with Gasteiger partial charge in [0.1, 0.15) is 0 Å². The van der Waals surface area contributed by atoms with Gasteiger partial charge >= 0.3 is 6.09 Å². The largest absolute Gasteiger partial charge is 0.465 e. The summed E-state index contributed by atoms with van der Waals surface area (Å²) >= 11 is 0. The van der Waals surface area contributed by atoms with E-state index in [-0.39, 0.29) is 29.0 Å². The maximum Gasteiger partial charge on any atom is 0.407 e. The number of hydrogen-bond donors (Lipinski definition) is 2. The number of hydrogen-bond acceptors (Lipinski definition) is 4. The molecule has 0 saturated carbocycles. The lowest BCUT2D eigenvalue weighted by molar-refractivity contribution is 0.0571. The summed E-state index contributed by atoms with van der Waals surface area (Å²) in [6.45, 7) is 6.87. The minimum atomic E-state index is -0.945. The van der Waals surface area contributed by atoms with Crippen molar-refractivity contribution in [3.63, 3.8) is 0 Å². The third-order valence-corrected chi connectivity index (χ3v) is 6.45. The van der Waals surface area contributed by atoms with Gasteiger partial charge in [-0.3, -0.25) is 9.48 Å². The van der Waals surface area contributed by atoms with Gasteiger partial charge in [0, 0.05) is 49.2 Å². The van der Waals surface area contributed by atoms with Gasteiger partial charge in [0.15, 0.2) is 5.69 Å². The van der Waals surface area contributed by atoms with Crippen molar-refractivity contribution in [1.82, 2.24) is 25.0 Å². The number of nitrogens with zero attached hydrogens (tertiary/aromatic N) is 4. The average Bonchev–Trinajstić information content (AvgIpc) is 3.09. The van der Waals surface area contributed by atoms with Gasteiger partial charge in [-0.25, -0.2) is 9.78 Å². The summed E-state index contributed by atoms with van der Waals surface area (Å²) in [4.78, 5) is 30.0. The highest BCUT2D eigenvalue weighted by molar-refractivity contribution is 6.06. The Kier molecular flexibility index (Phi) is 5.82. The fraction of sp³-hybridized carbons (Fsp3) is 0.417. The molecule has 9 heteroatoms. The number of piperidine rings is 1. The number of likely N-dealkylation sites (tertiary alicyclic amines) is 1. The first kappa shape index (κ1) is 22.7. The number of carboxylic acid groups (broad SMARTS) is 1. The van der Waals surface area contributed by atoms with E-state index in [1.54, 1.807) is 36.0 Å². The van der Waals surface area contributed by atoms with Crippen molar-refractivity contribution in [1.29, 1.82) is 0 Å². The molecule has 3 heterocycles. The zero-order valence-electron chi connectivity index (χ0n) is 19.2. The summed E-state index contributed by atoms with van der Waals surface area (Å²) in [7, 11) is 1.76. The first-order valence-corrected chi connectivity index (χ1v) is 10.9. The lowest BCUT2D eigenvalue weighted by atomic mass is 9.73. The second-order valence-corrected chi connectivity index (χ2v) is 9.62. The fourth-order valence-electron chi connectivity index (χ4n) is 4.61. The highest BCUT2D eigenvalue weighted by atomic mass is 19.1. The quantitative estimate of drug-likeness (QED) is 0.586. The van der Waals surface area contributed by atoms with Crippen LogP contribution in [0, 0.1) is 17.3 Å². The number of carbonyl (C=O) groups is 2. The second kappa shape index (κ2) is 8.46. The molecule has 1 saturated heterocycles. The fourth-order valence-corrected chi connectivity index (χ4v) is 4.61. The van der Waals surface area contributed by atoms with Crippen LogP contribution in [0.5, 0.6) is 0 Å². The van der Waals surface area contributed by atoms with Gasteiger partial charge < -0.3 is 15.3 Å². The highest BCUT2D eigenvalue weighted by Gasteiger charge is 2.39. The molecule has 0 spiro atoms. The molecule has 33 heavy (non-hydrogen) atoms. The molecule has 1 aliphatic rings. The van der Waals surface area contributed by atoms with Crippen LogP contribution in [0.15, 0.2) is 36.5 Å². The van der Waals surface area contributed by atoms with Crippen LogP contribution < -0.4 is 5.32 Å². The van der Waals surface area contributed by atoms with E-state index < -0.39 is 12.0 Å². The summed E-state index contributed by atoms with van der Waals surface area (Å²) < 4.78 is 15.9. The smallest absolute Gasteiger partial charge is 0.407 e. The van der Waals surface area contributed by atoms with E-state index in [0.29, 0.717) is 36.0 Å². The lowest BCUT2D eigenvalue weighted by Gasteiger charge is -2.44. The number of halogens is 1. The summed E-state index contributed by atoms with van der Waals surface area (Å²) in [5, 5.41) is 17.6. The monoisotopic (exact) mass is 453 g/mol. The predicted octanol–water partition coefficient (Wildman–Crippen LogP) is 3.92. The van der Waals surface area contributed by atoms with Crippen molar-refractivity contribution >= 4 is 22.9 Å². The number of carbonyl (C=O) groups excluding carboxylic acids is 1. The van der Waals surface area contributed by atoms with Crippen LogP contribution in [-0.4, -0.2) is 55.9 Å². The Labute approximate surface area is 191 Å². The molecule has 1 fully saturated rings. The first-order valence-electron chi connectivity index (χ1n) is 10.9. The van der Waals surface area contributed by atoms with E-state index in [0.717, 1.165) is 5.52 Å². The Hall–Kier alpha value is -3.49. The molecule has 8 nitrogen and oxygen atoms in total. The molecule has 0 bridgehead atoms. The van der Waals surface area contributed by atoms with Gasteiger partial charge in [-0.1, -0.05) is 26.8 Å². The van der Waals surface area contributed by atoms with Crippen LogP contribution in [0.4, 0.5) is 9.18 Å². The first-order chi connectivity index (χ1) is 15.6. The van der Waals surface area contributed by atoms with E-state index in [4.69, 9.17) is 0 Å². The molecular formula is C24H28FN5O3. The van der Waals surface area contributed by atoms with Crippen LogP contribution in [0.2, 0.25) is 0 Å². The molecule has 0 aliphatic carbocycles. The van der Waals surface area contributed by atoms with Crippen LogP contribution in [0.3, 0.4) is 0 Å². The van der Waals surface area contributed by atoms with E-state index >= 15 is 0 Å². The number of nitrogens with one attached hydrogen (secondary N) is 1. The maximum atomic E-state index is 14.2. The molecule has 2 amide bonds. The number of pyridine rings is 1. The molecule has 2 atom stereocenters. The third-order valence-electron chi connectivity index (χ3n) is 6.45. The second-order valence-electron chi connectivity index (χ2n) is 9.62. The number of rotatable bonds is 3. The molecule has 1 aliphatic heterocycles. The molecule has 2 N–H and O–H groups in total. The summed E-state index contributed by atoms with van der Waals surface area (Å²) in [5.74, 6) is -0.960. The van der Waals surface area contributed by atoms with Crippen LogP contribution in [0.25, 0.3) is 22.0 Å². The zero-order chi connectivity index (χ0) is 23.9. The molecule has 3 aromatic rings. The summed E-state index contributed by atoms with van der Waals surface area (Å²) in [6.07, 6.45) is 0.971. The Morgan fingerprint density at radius 3 is 2.67 bits per heavy atom. The zero-order valence-corrected chi connectivity index (χ0v) is 19.2. The number of aryl methyl sites for hydroxylation is 1. The van der Waals surface area contributed by atoms with Crippen molar-refractivity contribution in [3.05, 3.63) is 48.2 Å². The molecule has 1 aromatic carbocycles. The van der Waals surface area contributed by atoms with E-state index in [1.807, 2.05) is 26.8 Å². The van der Waals surface area contributed by atoms with Crippen molar-refractivity contribution in [2.75, 3.05) is 13.1 Å². The molecule has 4 rings (SSSR count). The Morgan fingerprint density at radius 2 is 2.00 bits per heavy atom.